The van der Waals surface area contributed by atoms with Gasteiger partial charge < -0.3 is 34.9 Å². The summed E-state index contributed by atoms with van der Waals surface area (Å²) < 4.78 is 18.8. The number of aliphatic hydroxyl groups excluding tert-OH is 1. The molecule has 2 heterocycles. The summed E-state index contributed by atoms with van der Waals surface area (Å²) in [5.74, 6) is 0.707. The van der Waals surface area contributed by atoms with Gasteiger partial charge >= 0.3 is 5.97 Å². The number of amides is 1. The monoisotopic (exact) mass is 533 g/mol. The molecule has 0 aromatic rings. The Kier molecular flexibility index (Phi) is 7.53. The Morgan fingerprint density at radius 3 is 2.68 bits per heavy atom. The number of piperidine rings is 1. The molecule has 9 nitrogen and oxygen atoms in total. The highest BCUT2D eigenvalue weighted by Crippen LogP contribution is 2.70. The molecule has 0 aromatic heterocycles. The van der Waals surface area contributed by atoms with Gasteiger partial charge in [0, 0.05) is 30.5 Å². The molecule has 6 unspecified atom stereocenters. The zero-order valence-corrected chi connectivity index (χ0v) is 23.2. The predicted octanol–water partition coefficient (Wildman–Crippen LogP) is 1.61. The van der Waals surface area contributed by atoms with Crippen molar-refractivity contribution in [3.63, 3.8) is 0 Å². The second-order valence-electron chi connectivity index (χ2n) is 13.1. The van der Waals surface area contributed by atoms with Crippen LogP contribution < -0.4 is 10.6 Å². The molecule has 38 heavy (non-hydrogen) atoms. The van der Waals surface area contributed by atoms with Gasteiger partial charge in [-0.25, -0.2) is 0 Å². The van der Waals surface area contributed by atoms with E-state index in [0.29, 0.717) is 30.4 Å². The second-order valence-corrected chi connectivity index (χ2v) is 13.1. The quantitative estimate of drug-likeness (QED) is 0.404. The highest BCUT2D eigenvalue weighted by atomic mass is 16.5. The van der Waals surface area contributed by atoms with Crippen LogP contribution in [0.1, 0.15) is 70.6 Å². The number of likely N-dealkylation sites (tertiary alicyclic amines) is 1. The Labute approximate surface area is 226 Å². The predicted molar refractivity (Wildman–Crippen MR) is 140 cm³/mol. The number of likely N-dealkylation sites (N-methyl/N-ethyl adjacent to an activating group) is 1. The fourth-order valence-corrected chi connectivity index (χ4v) is 9.84. The molecule has 2 bridgehead atoms. The molecule has 9 heteroatoms. The van der Waals surface area contributed by atoms with Crippen LogP contribution in [0.25, 0.3) is 0 Å². The first kappa shape index (κ1) is 26.9. The van der Waals surface area contributed by atoms with E-state index in [1.54, 1.807) is 0 Å². The van der Waals surface area contributed by atoms with Crippen LogP contribution >= 0.6 is 0 Å². The molecule has 1 amide bonds. The highest BCUT2D eigenvalue weighted by molar-refractivity contribution is 5.83. The number of carbonyl (C=O) groups is 2. The van der Waals surface area contributed by atoms with Crippen molar-refractivity contribution in [1.29, 1.82) is 0 Å². The van der Waals surface area contributed by atoms with Gasteiger partial charge in [-0.3, -0.25) is 9.59 Å². The first-order chi connectivity index (χ1) is 18.4. The second kappa shape index (κ2) is 10.6. The summed E-state index contributed by atoms with van der Waals surface area (Å²) in [5, 5.41) is 17.2. The maximum atomic E-state index is 12.7. The third kappa shape index (κ3) is 4.23. The van der Waals surface area contributed by atoms with E-state index in [2.05, 4.69) is 22.6 Å². The van der Waals surface area contributed by atoms with Crippen LogP contribution in [0.4, 0.5) is 0 Å². The molecular weight excluding hydrogens is 486 g/mol. The van der Waals surface area contributed by atoms with Crippen LogP contribution in [0.2, 0.25) is 0 Å². The maximum Gasteiger partial charge on any atom is 0.325 e. The SMILES string of the molecule is CO[C@]12CCC(NCC(=O)NCC(=O)OCC3CCCCC3)[C@@H]3OC4C(O)CCC5CC1N(C)CC[C@]32C54. The van der Waals surface area contributed by atoms with Gasteiger partial charge in [0.05, 0.1) is 37.1 Å². The van der Waals surface area contributed by atoms with Crippen LogP contribution in [-0.2, 0) is 23.8 Å². The number of carbonyl (C=O) groups excluding carboxylic acids is 2. The Bertz CT molecular complexity index is 898. The molecule has 4 aliphatic carbocycles. The number of nitrogens with one attached hydrogen (secondary N) is 2. The summed E-state index contributed by atoms with van der Waals surface area (Å²) in [6.07, 6.45) is 10.9. The molecule has 1 spiro atoms. The van der Waals surface area contributed by atoms with E-state index in [9.17, 15) is 14.7 Å². The number of hydrogen-bond donors (Lipinski definition) is 3. The molecule has 4 saturated carbocycles. The van der Waals surface area contributed by atoms with Crippen LogP contribution in [0.15, 0.2) is 0 Å². The number of ether oxygens (including phenoxy) is 3. The van der Waals surface area contributed by atoms with Crippen molar-refractivity contribution in [2.75, 3.05) is 40.4 Å². The molecule has 0 aromatic carbocycles. The smallest absolute Gasteiger partial charge is 0.325 e. The van der Waals surface area contributed by atoms with Crippen LogP contribution in [0.3, 0.4) is 0 Å². The average molecular weight is 534 g/mol. The van der Waals surface area contributed by atoms with Gasteiger partial charge in [0.1, 0.15) is 6.54 Å². The number of esters is 1. The summed E-state index contributed by atoms with van der Waals surface area (Å²) >= 11 is 0. The summed E-state index contributed by atoms with van der Waals surface area (Å²) in [6.45, 7) is 1.49. The van der Waals surface area contributed by atoms with Crippen molar-refractivity contribution in [3.05, 3.63) is 0 Å². The maximum absolute atomic E-state index is 12.7. The summed E-state index contributed by atoms with van der Waals surface area (Å²) in [4.78, 5) is 27.4. The minimum absolute atomic E-state index is 0.00267. The molecule has 0 radical (unpaired) electrons. The van der Waals surface area contributed by atoms with E-state index < -0.39 is 6.10 Å². The fourth-order valence-electron chi connectivity index (χ4n) is 9.84. The minimum atomic E-state index is -0.439. The van der Waals surface area contributed by atoms with E-state index in [-0.39, 0.29) is 54.2 Å². The van der Waals surface area contributed by atoms with E-state index >= 15 is 0 Å². The van der Waals surface area contributed by atoms with E-state index in [0.717, 1.165) is 57.9 Å². The van der Waals surface area contributed by atoms with Crippen molar-refractivity contribution >= 4 is 11.9 Å². The Hall–Kier alpha value is -1.26. The van der Waals surface area contributed by atoms with Gasteiger partial charge in [0.2, 0.25) is 5.91 Å². The van der Waals surface area contributed by atoms with Gasteiger partial charge in [-0.15, -0.1) is 0 Å². The van der Waals surface area contributed by atoms with Gasteiger partial charge in [0.25, 0.3) is 0 Å². The third-order valence-corrected chi connectivity index (χ3v) is 11.5. The van der Waals surface area contributed by atoms with Gasteiger partial charge in [-0.05, 0) is 76.8 Å². The molecule has 2 saturated heterocycles. The zero-order chi connectivity index (χ0) is 26.5. The van der Waals surface area contributed by atoms with Gasteiger partial charge in [0.15, 0.2) is 0 Å². The molecule has 6 rings (SSSR count). The largest absolute Gasteiger partial charge is 0.464 e. The first-order valence-corrected chi connectivity index (χ1v) is 15.1. The Morgan fingerprint density at radius 2 is 1.89 bits per heavy atom. The number of rotatable bonds is 8. The molecule has 6 fully saturated rings. The Balaban J connectivity index is 1.10. The van der Waals surface area contributed by atoms with Crippen molar-refractivity contribution < 1.29 is 28.9 Å². The molecule has 2 aliphatic heterocycles. The number of nitrogens with zero attached hydrogens (tertiary/aromatic N) is 1. The number of hydrogen-bond acceptors (Lipinski definition) is 8. The lowest BCUT2D eigenvalue weighted by molar-refractivity contribution is -0.269. The van der Waals surface area contributed by atoms with Crippen LogP contribution in [0.5, 0.6) is 0 Å². The lowest BCUT2D eigenvalue weighted by Gasteiger charge is -2.69. The van der Waals surface area contributed by atoms with Crippen molar-refractivity contribution in [2.24, 2.45) is 23.2 Å². The van der Waals surface area contributed by atoms with Crippen molar-refractivity contribution in [1.82, 2.24) is 15.5 Å². The molecule has 3 N–H and O–H groups in total. The minimum Gasteiger partial charge on any atom is -0.464 e. The molecule has 214 valence electrons. The first-order valence-electron chi connectivity index (χ1n) is 15.1. The topological polar surface area (TPSA) is 109 Å². The van der Waals surface area contributed by atoms with E-state index in [1.807, 2.05) is 7.11 Å². The van der Waals surface area contributed by atoms with E-state index in [4.69, 9.17) is 14.2 Å². The zero-order valence-electron chi connectivity index (χ0n) is 23.2. The summed E-state index contributed by atoms with van der Waals surface area (Å²) in [6, 6.07) is 0.356. The highest BCUT2D eigenvalue weighted by Gasteiger charge is 2.77. The lowest BCUT2D eigenvalue weighted by atomic mass is 9.42. The summed E-state index contributed by atoms with van der Waals surface area (Å²) in [5.41, 5.74) is -0.455. The van der Waals surface area contributed by atoms with Crippen LogP contribution in [0, 0.1) is 23.2 Å². The number of aliphatic hydroxyl groups is 1. The lowest BCUT2D eigenvalue weighted by Crippen LogP contribution is -2.78. The number of methoxy groups -OCH3 is 1. The Morgan fingerprint density at radius 1 is 1.08 bits per heavy atom. The van der Waals surface area contributed by atoms with E-state index in [1.165, 1.54) is 19.3 Å². The van der Waals surface area contributed by atoms with Crippen LogP contribution in [-0.4, -0.2) is 98.3 Å². The van der Waals surface area contributed by atoms with Gasteiger partial charge in [-0.1, -0.05) is 19.3 Å². The van der Waals surface area contributed by atoms with Gasteiger partial charge in [-0.2, -0.15) is 0 Å². The van der Waals surface area contributed by atoms with Crippen molar-refractivity contribution in [2.45, 2.75) is 107 Å². The summed E-state index contributed by atoms with van der Waals surface area (Å²) in [7, 11) is 4.10. The third-order valence-electron chi connectivity index (χ3n) is 11.5. The molecule has 6 aliphatic rings. The fraction of sp³-hybridized carbons (Fsp3) is 0.931. The average Bonchev–Trinajstić information content (AvgIpc) is 3.30. The standard InChI is InChI=1S/C29H47N3O6/c1-32-13-12-28-25-19-8-9-21(33)26(25)38-27(28)20(10-11-29(28,36-2)22(32)14-19)30-15-23(34)31-16-24(35)37-17-18-6-4-3-5-7-18/h18-22,25-27,30,33H,3-17H2,1-2H3,(H,31,34)/t19?,20?,21?,22?,25?,26?,27-,28-,29+/m0/s1. The molecular formula is C29H47N3O6. The normalized spacial score (nSPS) is 44.3. The van der Waals surface area contributed by atoms with Crippen molar-refractivity contribution in [3.8, 4) is 0 Å². The molecule has 9 atom stereocenters.